The van der Waals surface area contributed by atoms with Gasteiger partial charge < -0.3 is 15.8 Å². The highest BCUT2D eigenvalue weighted by Crippen LogP contribution is 2.23. The third-order valence-corrected chi connectivity index (χ3v) is 3.07. The first-order valence-electron chi connectivity index (χ1n) is 7.07. The predicted octanol–water partition coefficient (Wildman–Crippen LogP) is 2.51. The Hall–Kier alpha value is -3.42. The van der Waals surface area contributed by atoms with Crippen LogP contribution in [-0.2, 0) is 11.3 Å². The Morgan fingerprint density at radius 3 is 2.79 bits per heavy atom. The predicted molar refractivity (Wildman–Crippen MR) is 89.0 cm³/mol. The van der Waals surface area contributed by atoms with Gasteiger partial charge in [-0.1, -0.05) is 42.5 Å². The summed E-state index contributed by atoms with van der Waals surface area (Å²) in [7, 11) is 0. The fraction of sp³-hybridized carbons (Fsp3) is 0.125. The smallest absolute Gasteiger partial charge is 0.407 e. The van der Waals surface area contributed by atoms with E-state index in [2.05, 4.69) is 10.3 Å². The van der Waals surface area contributed by atoms with Gasteiger partial charge in [0, 0.05) is 18.3 Å². The summed E-state index contributed by atoms with van der Waals surface area (Å²) in [4.78, 5) is 25.5. The number of hydrogen-bond acceptors (Lipinski definition) is 6. The zero-order valence-corrected chi connectivity index (χ0v) is 12.7. The quantitative estimate of drug-likeness (QED) is 0.621. The third kappa shape index (κ3) is 4.80. The Morgan fingerprint density at radius 2 is 2.08 bits per heavy atom. The fourth-order valence-electron chi connectivity index (χ4n) is 1.86. The van der Waals surface area contributed by atoms with Crippen LogP contribution in [0.25, 0.3) is 6.08 Å². The molecule has 0 aliphatic carbocycles. The normalized spacial score (nSPS) is 10.5. The van der Waals surface area contributed by atoms with Crippen LogP contribution in [0.4, 0.5) is 16.2 Å². The second-order valence-electron chi connectivity index (χ2n) is 4.76. The van der Waals surface area contributed by atoms with Gasteiger partial charge in [-0.15, -0.1) is 0 Å². The number of amides is 1. The average molecular weight is 328 g/mol. The average Bonchev–Trinajstić information content (AvgIpc) is 2.58. The third-order valence-electron chi connectivity index (χ3n) is 3.07. The number of rotatable bonds is 6. The highest BCUT2D eigenvalue weighted by Gasteiger charge is 2.13. The highest BCUT2D eigenvalue weighted by molar-refractivity contribution is 5.72. The largest absolute Gasteiger partial charge is 0.445 e. The number of carbonyl (C=O) groups excluding carboxylic acids is 1. The minimum atomic E-state index is -0.598. The molecule has 3 N–H and O–H groups in total. The molecule has 0 aliphatic rings. The monoisotopic (exact) mass is 328 g/mol. The van der Waals surface area contributed by atoms with Crippen molar-refractivity contribution >= 4 is 23.5 Å². The molecule has 0 unspecified atom stereocenters. The molecular weight excluding hydrogens is 312 g/mol. The Labute approximate surface area is 138 Å². The van der Waals surface area contributed by atoms with Crippen molar-refractivity contribution in [3.8, 4) is 0 Å². The van der Waals surface area contributed by atoms with Crippen molar-refractivity contribution in [3.63, 3.8) is 0 Å². The molecule has 0 atom stereocenters. The van der Waals surface area contributed by atoms with Crippen molar-refractivity contribution in [1.29, 1.82) is 0 Å². The Bertz CT molecular complexity index is 747. The van der Waals surface area contributed by atoms with Crippen molar-refractivity contribution < 1.29 is 14.5 Å². The van der Waals surface area contributed by atoms with Gasteiger partial charge in [0.2, 0.25) is 0 Å². The van der Waals surface area contributed by atoms with E-state index < -0.39 is 11.0 Å². The van der Waals surface area contributed by atoms with Gasteiger partial charge in [0.1, 0.15) is 18.5 Å². The second kappa shape index (κ2) is 8.28. The zero-order chi connectivity index (χ0) is 17.4. The molecule has 1 amide bonds. The second-order valence-corrected chi connectivity index (χ2v) is 4.76. The fourth-order valence-corrected chi connectivity index (χ4v) is 1.86. The summed E-state index contributed by atoms with van der Waals surface area (Å²) in [5, 5.41) is 13.3. The molecule has 1 aromatic carbocycles. The molecule has 2 rings (SSSR count). The van der Waals surface area contributed by atoms with Crippen LogP contribution in [0.2, 0.25) is 0 Å². The molecular formula is C16H16N4O4. The van der Waals surface area contributed by atoms with Gasteiger partial charge in [-0.25, -0.2) is 4.79 Å². The first kappa shape index (κ1) is 16.9. The maximum absolute atomic E-state index is 11.5. The number of alkyl carbamates (subject to hydrolysis) is 1. The van der Waals surface area contributed by atoms with E-state index >= 15 is 0 Å². The summed E-state index contributed by atoms with van der Waals surface area (Å²) >= 11 is 0. The number of carbonyl (C=O) groups is 1. The lowest BCUT2D eigenvalue weighted by molar-refractivity contribution is -0.384. The highest BCUT2D eigenvalue weighted by atomic mass is 16.6. The summed E-state index contributed by atoms with van der Waals surface area (Å²) in [6, 6.07) is 9.30. The van der Waals surface area contributed by atoms with Crippen LogP contribution in [0.15, 0.2) is 48.8 Å². The molecule has 8 heteroatoms. The number of nitrogens with two attached hydrogens (primary N) is 1. The molecule has 0 aliphatic heterocycles. The molecule has 1 heterocycles. The molecule has 0 radical (unpaired) electrons. The molecule has 0 bridgehead atoms. The van der Waals surface area contributed by atoms with Crippen LogP contribution in [0.5, 0.6) is 0 Å². The van der Waals surface area contributed by atoms with Crippen LogP contribution in [0.3, 0.4) is 0 Å². The van der Waals surface area contributed by atoms with Crippen molar-refractivity contribution in [2.75, 3.05) is 12.3 Å². The standard InChI is InChI=1S/C16H16N4O4/c17-15-13(9-18-10-14(15)20(22)23)7-4-8-19-16(21)24-11-12-5-2-1-3-6-12/h1-7,9-10H,8,11H2,(H2,17,18)(H,19,21). The van der Waals surface area contributed by atoms with Gasteiger partial charge in [-0.2, -0.15) is 0 Å². The maximum Gasteiger partial charge on any atom is 0.407 e. The van der Waals surface area contributed by atoms with Crippen molar-refractivity contribution in [3.05, 3.63) is 70.0 Å². The molecule has 2 aromatic rings. The molecule has 0 fully saturated rings. The van der Waals surface area contributed by atoms with Crippen LogP contribution in [0.1, 0.15) is 11.1 Å². The number of aromatic nitrogens is 1. The van der Waals surface area contributed by atoms with E-state index in [4.69, 9.17) is 10.5 Å². The van der Waals surface area contributed by atoms with Crippen LogP contribution in [0, 0.1) is 10.1 Å². The lowest BCUT2D eigenvalue weighted by atomic mass is 10.2. The van der Waals surface area contributed by atoms with E-state index in [-0.39, 0.29) is 24.5 Å². The maximum atomic E-state index is 11.5. The minimum Gasteiger partial charge on any atom is -0.445 e. The van der Waals surface area contributed by atoms with E-state index in [9.17, 15) is 14.9 Å². The van der Waals surface area contributed by atoms with Gasteiger partial charge in [-0.3, -0.25) is 15.1 Å². The molecule has 0 saturated carbocycles. The molecule has 0 spiro atoms. The number of hydrogen-bond donors (Lipinski definition) is 2. The van der Waals surface area contributed by atoms with E-state index in [1.165, 1.54) is 6.20 Å². The molecule has 124 valence electrons. The lowest BCUT2D eigenvalue weighted by Crippen LogP contribution is -2.24. The Balaban J connectivity index is 1.81. The lowest BCUT2D eigenvalue weighted by Gasteiger charge is -2.05. The Kier molecular flexibility index (Phi) is 5.84. The zero-order valence-electron chi connectivity index (χ0n) is 12.7. The van der Waals surface area contributed by atoms with E-state index in [0.717, 1.165) is 11.8 Å². The number of nitrogens with zero attached hydrogens (tertiary/aromatic N) is 2. The number of benzene rings is 1. The minimum absolute atomic E-state index is 0.0258. The van der Waals surface area contributed by atoms with E-state index in [1.807, 2.05) is 30.3 Å². The topological polar surface area (TPSA) is 120 Å². The van der Waals surface area contributed by atoms with Crippen LogP contribution < -0.4 is 11.1 Å². The van der Waals surface area contributed by atoms with Gasteiger partial charge in [-0.05, 0) is 5.56 Å². The number of nitrogen functional groups attached to an aromatic ring is 1. The van der Waals surface area contributed by atoms with Gasteiger partial charge in [0.25, 0.3) is 0 Å². The summed E-state index contributed by atoms with van der Waals surface area (Å²) in [5.74, 6) is 0. The number of pyridine rings is 1. The number of ether oxygens (including phenoxy) is 1. The first-order chi connectivity index (χ1) is 11.6. The van der Waals surface area contributed by atoms with E-state index in [1.54, 1.807) is 12.2 Å². The number of nitrogens with one attached hydrogen (secondary N) is 1. The van der Waals surface area contributed by atoms with Gasteiger partial charge in [0.15, 0.2) is 0 Å². The van der Waals surface area contributed by atoms with E-state index in [0.29, 0.717) is 5.56 Å². The summed E-state index contributed by atoms with van der Waals surface area (Å²) in [6.07, 6.45) is 5.08. The summed E-state index contributed by atoms with van der Waals surface area (Å²) < 4.78 is 5.04. The van der Waals surface area contributed by atoms with Crippen molar-refractivity contribution in [2.24, 2.45) is 0 Å². The van der Waals surface area contributed by atoms with Crippen LogP contribution >= 0.6 is 0 Å². The molecule has 1 aromatic heterocycles. The van der Waals surface area contributed by atoms with Crippen molar-refractivity contribution in [2.45, 2.75) is 6.61 Å². The molecule has 8 nitrogen and oxygen atoms in total. The summed E-state index contributed by atoms with van der Waals surface area (Å²) in [5.41, 5.74) is 6.76. The van der Waals surface area contributed by atoms with Crippen molar-refractivity contribution in [1.82, 2.24) is 10.3 Å². The summed E-state index contributed by atoms with van der Waals surface area (Å²) in [6.45, 7) is 0.369. The number of anilines is 1. The SMILES string of the molecule is Nc1c(C=CCNC(=O)OCc2ccccc2)cncc1[N+](=O)[O-]. The number of nitro groups is 1. The van der Waals surface area contributed by atoms with Crippen LogP contribution in [-0.4, -0.2) is 22.5 Å². The molecule has 0 saturated heterocycles. The Morgan fingerprint density at radius 1 is 1.33 bits per heavy atom. The molecule has 24 heavy (non-hydrogen) atoms. The van der Waals surface area contributed by atoms with Gasteiger partial charge in [0.05, 0.1) is 4.92 Å². The van der Waals surface area contributed by atoms with Gasteiger partial charge >= 0.3 is 11.8 Å². The first-order valence-corrected chi connectivity index (χ1v) is 7.07.